The van der Waals surface area contributed by atoms with E-state index >= 15 is 0 Å². The molecule has 1 amide bonds. The molecule has 14 heavy (non-hydrogen) atoms. The number of rotatable bonds is 1. The molecule has 4 nitrogen and oxygen atoms in total. The molecule has 0 aromatic carbocycles. The SMILES string of the molecule is CC(C)(C)N(C(=O)O)C1CCC(O)C1. The van der Waals surface area contributed by atoms with Crippen LogP contribution in [0.2, 0.25) is 0 Å². The summed E-state index contributed by atoms with van der Waals surface area (Å²) >= 11 is 0. The van der Waals surface area contributed by atoms with Gasteiger partial charge < -0.3 is 15.1 Å². The second kappa shape index (κ2) is 3.77. The predicted octanol–water partition coefficient (Wildman–Crippen LogP) is 1.68. The fraction of sp³-hybridized carbons (Fsp3) is 0.900. The van der Waals surface area contributed by atoms with Crippen molar-refractivity contribution in [3.05, 3.63) is 0 Å². The molecule has 1 fully saturated rings. The van der Waals surface area contributed by atoms with E-state index in [-0.39, 0.29) is 17.7 Å². The summed E-state index contributed by atoms with van der Waals surface area (Å²) in [6.07, 6.45) is 0.833. The fourth-order valence-electron chi connectivity index (χ4n) is 2.16. The van der Waals surface area contributed by atoms with Crippen molar-refractivity contribution < 1.29 is 15.0 Å². The summed E-state index contributed by atoms with van der Waals surface area (Å²) in [7, 11) is 0. The number of carboxylic acid groups (broad SMARTS) is 1. The third kappa shape index (κ3) is 2.38. The zero-order valence-corrected chi connectivity index (χ0v) is 9.03. The molecule has 2 unspecified atom stereocenters. The van der Waals surface area contributed by atoms with E-state index < -0.39 is 6.09 Å². The molecule has 2 N–H and O–H groups in total. The zero-order valence-electron chi connectivity index (χ0n) is 9.03. The first-order chi connectivity index (χ1) is 6.32. The first-order valence-electron chi connectivity index (χ1n) is 5.02. The molecule has 1 saturated carbocycles. The van der Waals surface area contributed by atoms with Gasteiger partial charge in [0.2, 0.25) is 0 Å². The lowest BCUT2D eigenvalue weighted by molar-refractivity contribution is 0.0664. The molecule has 0 heterocycles. The van der Waals surface area contributed by atoms with Crippen molar-refractivity contribution in [2.75, 3.05) is 0 Å². The maximum absolute atomic E-state index is 11.1. The van der Waals surface area contributed by atoms with E-state index in [1.165, 1.54) is 4.90 Å². The smallest absolute Gasteiger partial charge is 0.407 e. The summed E-state index contributed by atoms with van der Waals surface area (Å²) < 4.78 is 0. The largest absolute Gasteiger partial charge is 0.465 e. The Balaban J connectivity index is 2.74. The first kappa shape index (κ1) is 11.3. The van der Waals surface area contributed by atoms with Gasteiger partial charge in [0, 0.05) is 11.6 Å². The minimum atomic E-state index is -0.892. The van der Waals surface area contributed by atoms with Crippen molar-refractivity contribution in [3.63, 3.8) is 0 Å². The highest BCUT2D eigenvalue weighted by atomic mass is 16.4. The Morgan fingerprint density at radius 1 is 1.36 bits per heavy atom. The summed E-state index contributed by atoms with van der Waals surface area (Å²) in [4.78, 5) is 12.5. The molecule has 0 aromatic rings. The van der Waals surface area contributed by atoms with Gasteiger partial charge in [-0.1, -0.05) is 0 Å². The second-order valence-corrected chi connectivity index (χ2v) is 4.94. The maximum Gasteiger partial charge on any atom is 0.407 e. The maximum atomic E-state index is 11.1. The molecule has 0 radical (unpaired) electrons. The monoisotopic (exact) mass is 201 g/mol. The van der Waals surface area contributed by atoms with Crippen molar-refractivity contribution in [3.8, 4) is 0 Å². The highest BCUT2D eigenvalue weighted by molar-refractivity contribution is 5.66. The van der Waals surface area contributed by atoms with Gasteiger partial charge in [0.05, 0.1) is 6.10 Å². The van der Waals surface area contributed by atoms with Crippen LogP contribution < -0.4 is 0 Å². The highest BCUT2D eigenvalue weighted by Gasteiger charge is 2.37. The first-order valence-corrected chi connectivity index (χ1v) is 5.02. The van der Waals surface area contributed by atoms with Crippen molar-refractivity contribution in [1.82, 2.24) is 4.90 Å². The van der Waals surface area contributed by atoms with Crippen molar-refractivity contribution >= 4 is 6.09 Å². The molecule has 2 atom stereocenters. The van der Waals surface area contributed by atoms with Crippen LogP contribution >= 0.6 is 0 Å². The Morgan fingerprint density at radius 3 is 2.21 bits per heavy atom. The number of nitrogens with zero attached hydrogens (tertiary/aromatic N) is 1. The van der Waals surface area contributed by atoms with Crippen molar-refractivity contribution in [1.29, 1.82) is 0 Å². The molecule has 0 aliphatic heterocycles. The third-order valence-electron chi connectivity index (χ3n) is 2.67. The molecule has 1 aliphatic rings. The molecule has 82 valence electrons. The van der Waals surface area contributed by atoms with Gasteiger partial charge in [0.1, 0.15) is 0 Å². The van der Waals surface area contributed by atoms with Gasteiger partial charge in [0.25, 0.3) is 0 Å². The van der Waals surface area contributed by atoms with Crippen LogP contribution in [0.15, 0.2) is 0 Å². The van der Waals surface area contributed by atoms with E-state index in [4.69, 9.17) is 5.11 Å². The number of aliphatic hydroxyl groups is 1. The number of hydrogen-bond donors (Lipinski definition) is 2. The number of amides is 1. The van der Waals surface area contributed by atoms with Crippen LogP contribution in [-0.2, 0) is 0 Å². The molecule has 1 rings (SSSR count). The van der Waals surface area contributed by atoms with Crippen LogP contribution in [0, 0.1) is 0 Å². The Labute approximate surface area is 84.5 Å². The molecule has 0 aromatic heterocycles. The van der Waals surface area contributed by atoms with Gasteiger partial charge in [-0.2, -0.15) is 0 Å². The van der Waals surface area contributed by atoms with Crippen LogP contribution in [0.5, 0.6) is 0 Å². The lowest BCUT2D eigenvalue weighted by Crippen LogP contribution is -2.50. The van der Waals surface area contributed by atoms with Crippen LogP contribution in [-0.4, -0.2) is 38.9 Å². The van der Waals surface area contributed by atoms with Crippen LogP contribution in [0.3, 0.4) is 0 Å². The average molecular weight is 201 g/mol. The van der Waals surface area contributed by atoms with E-state index in [0.29, 0.717) is 12.8 Å². The quantitative estimate of drug-likeness (QED) is 0.678. The zero-order chi connectivity index (χ0) is 10.9. The summed E-state index contributed by atoms with van der Waals surface area (Å²) in [6, 6.07) is -0.0255. The Kier molecular flexibility index (Phi) is 3.04. The van der Waals surface area contributed by atoms with E-state index in [0.717, 1.165) is 6.42 Å². The lowest BCUT2D eigenvalue weighted by Gasteiger charge is -2.38. The minimum Gasteiger partial charge on any atom is -0.465 e. The van der Waals surface area contributed by atoms with E-state index in [9.17, 15) is 9.90 Å². The van der Waals surface area contributed by atoms with E-state index in [1.54, 1.807) is 0 Å². The van der Waals surface area contributed by atoms with Crippen LogP contribution in [0.1, 0.15) is 40.0 Å². The summed E-state index contributed by atoms with van der Waals surface area (Å²) in [5, 5.41) is 18.5. The molecule has 0 spiro atoms. The van der Waals surface area contributed by atoms with Gasteiger partial charge in [-0.05, 0) is 40.0 Å². The van der Waals surface area contributed by atoms with Gasteiger partial charge in [-0.15, -0.1) is 0 Å². The van der Waals surface area contributed by atoms with Gasteiger partial charge in [-0.3, -0.25) is 0 Å². The molecule has 0 saturated heterocycles. The van der Waals surface area contributed by atoms with E-state index in [2.05, 4.69) is 0 Å². The Morgan fingerprint density at radius 2 is 1.93 bits per heavy atom. The van der Waals surface area contributed by atoms with Crippen molar-refractivity contribution in [2.24, 2.45) is 0 Å². The minimum absolute atomic E-state index is 0.0255. The van der Waals surface area contributed by atoms with Crippen LogP contribution in [0.4, 0.5) is 4.79 Å². The highest BCUT2D eigenvalue weighted by Crippen LogP contribution is 2.29. The fourth-order valence-corrected chi connectivity index (χ4v) is 2.16. The summed E-state index contributed by atoms with van der Waals surface area (Å²) in [6.45, 7) is 5.64. The normalized spacial score (nSPS) is 27.7. The van der Waals surface area contributed by atoms with Gasteiger partial charge >= 0.3 is 6.09 Å². The molecular formula is C10H19NO3. The molecule has 1 aliphatic carbocycles. The van der Waals surface area contributed by atoms with Crippen molar-refractivity contribution in [2.45, 2.75) is 57.7 Å². The Hall–Kier alpha value is -0.770. The van der Waals surface area contributed by atoms with Crippen LogP contribution in [0.25, 0.3) is 0 Å². The van der Waals surface area contributed by atoms with Gasteiger partial charge in [0.15, 0.2) is 0 Å². The molecule has 4 heteroatoms. The predicted molar refractivity (Wildman–Crippen MR) is 53.3 cm³/mol. The Bertz CT molecular complexity index is 222. The number of aliphatic hydroxyl groups excluding tert-OH is 1. The van der Waals surface area contributed by atoms with E-state index in [1.807, 2.05) is 20.8 Å². The third-order valence-corrected chi connectivity index (χ3v) is 2.67. The summed E-state index contributed by atoms with van der Waals surface area (Å²) in [5.41, 5.74) is -0.388. The summed E-state index contributed by atoms with van der Waals surface area (Å²) in [5.74, 6) is 0. The topological polar surface area (TPSA) is 60.8 Å². The average Bonchev–Trinajstić information content (AvgIpc) is 2.31. The number of hydrogen-bond acceptors (Lipinski definition) is 2. The lowest BCUT2D eigenvalue weighted by atomic mass is 10.0. The number of carbonyl (C=O) groups is 1. The standard InChI is InChI=1S/C10H19NO3/c1-10(2,3)11(9(13)14)7-4-5-8(12)6-7/h7-8,12H,4-6H2,1-3H3,(H,13,14). The molecule has 0 bridgehead atoms. The second-order valence-electron chi connectivity index (χ2n) is 4.94. The van der Waals surface area contributed by atoms with Gasteiger partial charge in [-0.25, -0.2) is 4.79 Å². The molecular weight excluding hydrogens is 182 g/mol.